The van der Waals surface area contributed by atoms with E-state index in [4.69, 9.17) is 5.84 Å². The molecule has 0 spiro atoms. The number of hydrogen-bond acceptors (Lipinski definition) is 5. The Hall–Kier alpha value is -3.29. The zero-order valence-electron chi connectivity index (χ0n) is 12.9. The lowest BCUT2D eigenvalue weighted by Crippen LogP contribution is -2.14. The van der Waals surface area contributed by atoms with Crippen molar-refractivity contribution in [2.75, 3.05) is 12.4 Å². The summed E-state index contributed by atoms with van der Waals surface area (Å²) in [6.45, 7) is 5.51. The number of nitrogens with zero attached hydrogens (tertiary/aromatic N) is 4. The number of carbonyl (C=O) groups excluding carboxylic acids is 1. The molecule has 1 aromatic heterocycles. The van der Waals surface area contributed by atoms with Crippen LogP contribution in [0.15, 0.2) is 46.3 Å². The predicted molar refractivity (Wildman–Crippen MR) is 89.3 cm³/mol. The van der Waals surface area contributed by atoms with Gasteiger partial charge in [-0.15, -0.1) is 5.11 Å². The van der Waals surface area contributed by atoms with Crippen LogP contribution in [0, 0.1) is 6.92 Å². The Morgan fingerprint density at radius 1 is 1.48 bits per heavy atom. The SMILES string of the molecule is C=Cc1[nH]ncc1C(=O)Nc1cc(/C(N=NC)=N/N)ccc1C. The first-order valence-electron chi connectivity index (χ1n) is 6.76. The molecule has 1 aromatic carbocycles. The van der Waals surface area contributed by atoms with Crippen LogP contribution >= 0.6 is 0 Å². The van der Waals surface area contributed by atoms with Crippen LogP contribution in [0.2, 0.25) is 0 Å². The van der Waals surface area contributed by atoms with Crippen molar-refractivity contribution >= 4 is 23.5 Å². The first-order valence-corrected chi connectivity index (χ1v) is 6.76. The van der Waals surface area contributed by atoms with Gasteiger partial charge in [0.05, 0.1) is 17.5 Å². The number of nitrogens with two attached hydrogens (primary N) is 1. The lowest BCUT2D eigenvalue weighted by Gasteiger charge is -2.10. The number of amides is 1. The van der Waals surface area contributed by atoms with E-state index in [-0.39, 0.29) is 11.7 Å². The van der Waals surface area contributed by atoms with E-state index in [1.807, 2.05) is 13.0 Å². The molecule has 4 N–H and O–H groups in total. The highest BCUT2D eigenvalue weighted by atomic mass is 16.1. The van der Waals surface area contributed by atoms with Gasteiger partial charge in [-0.25, -0.2) is 0 Å². The molecule has 23 heavy (non-hydrogen) atoms. The number of hydrazone groups is 1. The van der Waals surface area contributed by atoms with Crippen LogP contribution in [0.4, 0.5) is 5.69 Å². The van der Waals surface area contributed by atoms with Crippen molar-refractivity contribution in [3.63, 3.8) is 0 Å². The second-order valence-corrected chi connectivity index (χ2v) is 4.64. The summed E-state index contributed by atoms with van der Waals surface area (Å²) >= 11 is 0. The molecule has 0 aliphatic heterocycles. The monoisotopic (exact) mass is 311 g/mol. The Balaban J connectivity index is 2.33. The zero-order valence-corrected chi connectivity index (χ0v) is 12.9. The van der Waals surface area contributed by atoms with Crippen LogP contribution in [0.3, 0.4) is 0 Å². The van der Waals surface area contributed by atoms with Gasteiger partial charge < -0.3 is 11.2 Å². The first kappa shape index (κ1) is 16.1. The Morgan fingerprint density at radius 2 is 2.26 bits per heavy atom. The van der Waals surface area contributed by atoms with Crippen LogP contribution in [0.1, 0.15) is 27.2 Å². The topological polar surface area (TPSA) is 121 Å². The lowest BCUT2D eigenvalue weighted by molar-refractivity contribution is 0.102. The van der Waals surface area contributed by atoms with Gasteiger partial charge in [0.2, 0.25) is 0 Å². The van der Waals surface area contributed by atoms with E-state index in [1.54, 1.807) is 12.1 Å². The maximum atomic E-state index is 12.4. The third-order valence-corrected chi connectivity index (χ3v) is 3.18. The van der Waals surface area contributed by atoms with Gasteiger partial charge in [0, 0.05) is 18.3 Å². The van der Waals surface area contributed by atoms with Gasteiger partial charge in [0.1, 0.15) is 0 Å². The molecule has 2 rings (SSSR count). The van der Waals surface area contributed by atoms with Crippen LogP contribution in [-0.4, -0.2) is 29.0 Å². The molecule has 0 unspecified atom stereocenters. The summed E-state index contributed by atoms with van der Waals surface area (Å²) in [5.74, 6) is 5.30. The number of azo groups is 1. The normalized spacial score (nSPS) is 11.7. The van der Waals surface area contributed by atoms with Crippen LogP contribution in [-0.2, 0) is 0 Å². The van der Waals surface area contributed by atoms with E-state index in [2.05, 4.69) is 37.4 Å². The maximum absolute atomic E-state index is 12.4. The number of anilines is 1. The summed E-state index contributed by atoms with van der Waals surface area (Å²) in [4.78, 5) is 12.4. The van der Waals surface area contributed by atoms with Crippen LogP contribution in [0.25, 0.3) is 6.08 Å². The van der Waals surface area contributed by atoms with E-state index in [9.17, 15) is 4.79 Å². The molecule has 1 heterocycles. The van der Waals surface area contributed by atoms with E-state index in [0.29, 0.717) is 22.5 Å². The van der Waals surface area contributed by atoms with Gasteiger partial charge in [0.15, 0.2) is 5.84 Å². The van der Waals surface area contributed by atoms with Crippen molar-refractivity contribution < 1.29 is 4.79 Å². The van der Waals surface area contributed by atoms with Gasteiger partial charge >= 0.3 is 0 Å². The number of rotatable bonds is 4. The molecule has 0 atom stereocenters. The number of aromatic amines is 1. The molecule has 0 saturated carbocycles. The molecule has 1 amide bonds. The van der Waals surface area contributed by atoms with Gasteiger partial charge in [-0.1, -0.05) is 18.7 Å². The third-order valence-electron chi connectivity index (χ3n) is 3.18. The largest absolute Gasteiger partial charge is 0.322 e. The Bertz CT molecular complexity index is 789. The third kappa shape index (κ3) is 3.49. The fourth-order valence-electron chi connectivity index (χ4n) is 1.97. The fraction of sp³-hybridized carbons (Fsp3) is 0.133. The molecular weight excluding hydrogens is 294 g/mol. The Kier molecular flexibility index (Phi) is 4.98. The molecular formula is C15H17N7O. The van der Waals surface area contributed by atoms with Gasteiger partial charge in [-0.05, 0) is 24.6 Å². The molecule has 0 saturated heterocycles. The highest BCUT2D eigenvalue weighted by Gasteiger charge is 2.14. The van der Waals surface area contributed by atoms with Crippen LogP contribution < -0.4 is 11.2 Å². The molecule has 0 aliphatic rings. The molecule has 0 bridgehead atoms. The molecule has 0 fully saturated rings. The Morgan fingerprint density at radius 3 is 2.91 bits per heavy atom. The summed E-state index contributed by atoms with van der Waals surface area (Å²) in [6, 6.07) is 5.38. The first-order chi connectivity index (χ1) is 11.1. The maximum Gasteiger partial charge on any atom is 0.259 e. The lowest BCUT2D eigenvalue weighted by atomic mass is 10.1. The average Bonchev–Trinajstić information content (AvgIpc) is 3.03. The van der Waals surface area contributed by atoms with Crippen molar-refractivity contribution in [3.05, 3.63) is 53.4 Å². The predicted octanol–water partition coefficient (Wildman–Crippen LogP) is 2.32. The standard InChI is InChI=1S/C15H17N7O/c1-4-12-11(8-18-21-12)15(23)19-13-7-10(6-5-9(13)2)14(20-16)22-17-3/h4-8H,1,16H2,2-3H3,(H,18,21)(H,19,23)/b20-14-,22-17?. The summed E-state index contributed by atoms with van der Waals surface area (Å²) < 4.78 is 0. The van der Waals surface area contributed by atoms with Gasteiger partial charge in [0.25, 0.3) is 5.91 Å². The Labute approximate surface area is 133 Å². The van der Waals surface area contributed by atoms with Crippen molar-refractivity contribution in [1.29, 1.82) is 0 Å². The number of H-pyrrole nitrogens is 1. The number of hydrogen-bond donors (Lipinski definition) is 3. The minimum absolute atomic E-state index is 0.276. The van der Waals surface area contributed by atoms with Crippen LogP contribution in [0.5, 0.6) is 0 Å². The summed E-state index contributed by atoms with van der Waals surface area (Å²) in [6.07, 6.45) is 2.98. The number of aryl methyl sites for hydroxylation is 1. The van der Waals surface area contributed by atoms with Gasteiger partial charge in [-0.3, -0.25) is 9.89 Å². The number of nitrogens with one attached hydrogen (secondary N) is 2. The van der Waals surface area contributed by atoms with Crippen molar-refractivity contribution in [3.8, 4) is 0 Å². The highest BCUT2D eigenvalue weighted by Crippen LogP contribution is 2.19. The number of benzene rings is 1. The molecule has 8 heteroatoms. The van der Waals surface area contributed by atoms with Crippen molar-refractivity contribution in [2.45, 2.75) is 6.92 Å². The molecule has 118 valence electrons. The smallest absolute Gasteiger partial charge is 0.259 e. The number of amidine groups is 1. The number of aromatic nitrogens is 2. The molecule has 2 aromatic rings. The second kappa shape index (κ2) is 7.12. The average molecular weight is 311 g/mol. The highest BCUT2D eigenvalue weighted by molar-refractivity contribution is 6.07. The summed E-state index contributed by atoms with van der Waals surface area (Å²) in [5, 5.41) is 20.5. The molecule has 0 radical (unpaired) electrons. The van der Waals surface area contributed by atoms with Gasteiger partial charge in [-0.2, -0.15) is 15.3 Å². The van der Waals surface area contributed by atoms with E-state index < -0.39 is 0 Å². The summed E-state index contributed by atoms with van der Waals surface area (Å²) in [7, 11) is 1.53. The van der Waals surface area contributed by atoms with Crippen molar-refractivity contribution in [2.24, 2.45) is 21.2 Å². The minimum atomic E-state index is -0.294. The van der Waals surface area contributed by atoms with Crippen molar-refractivity contribution in [1.82, 2.24) is 10.2 Å². The van der Waals surface area contributed by atoms with E-state index >= 15 is 0 Å². The molecule has 0 aliphatic carbocycles. The van der Waals surface area contributed by atoms with E-state index in [0.717, 1.165) is 5.56 Å². The minimum Gasteiger partial charge on any atom is -0.322 e. The zero-order chi connectivity index (χ0) is 16.8. The quantitative estimate of drug-likeness (QED) is 0.264. The fourth-order valence-corrected chi connectivity index (χ4v) is 1.97. The summed E-state index contributed by atoms with van der Waals surface area (Å²) in [5.41, 5.74) is 3.12. The van der Waals surface area contributed by atoms with E-state index in [1.165, 1.54) is 19.3 Å². The number of carbonyl (C=O) groups is 1. The second-order valence-electron chi connectivity index (χ2n) is 4.64. The molecule has 8 nitrogen and oxygen atoms in total.